The highest BCUT2D eigenvalue weighted by Crippen LogP contribution is 1.97. The Balaban J connectivity index is 0. The summed E-state index contributed by atoms with van der Waals surface area (Å²) >= 11 is 0. The zero-order valence-electron chi connectivity index (χ0n) is 7.53. The first-order chi connectivity index (χ1) is 5.77. The summed E-state index contributed by atoms with van der Waals surface area (Å²) in [4.78, 5) is 19.1. The minimum atomic E-state index is -1.83. The molecule has 0 spiro atoms. The molecule has 0 aliphatic rings. The van der Waals surface area contributed by atoms with Crippen LogP contribution in [-0.4, -0.2) is 22.3 Å². The van der Waals surface area contributed by atoms with Gasteiger partial charge in [-0.1, -0.05) is 13.2 Å². The monoisotopic (exact) mass is 188 g/mol. The van der Waals surface area contributed by atoms with E-state index in [9.17, 15) is 4.79 Å². The fourth-order valence-electron chi connectivity index (χ4n) is 0.245. The van der Waals surface area contributed by atoms with Crippen LogP contribution in [0.4, 0.5) is 4.79 Å². The third kappa shape index (κ3) is 17.8. The minimum absolute atomic E-state index is 0.387. The summed E-state index contributed by atoms with van der Waals surface area (Å²) in [7, 11) is 0. The summed E-state index contributed by atoms with van der Waals surface area (Å²) in [5, 5.41) is 13.9. The molecule has 0 aromatic heterocycles. The molecule has 0 aliphatic carbocycles. The maximum atomic E-state index is 10.6. The molecule has 0 rings (SSSR count). The molecule has 0 heterocycles. The molecular formula is C8H12O5. The Bertz CT molecular complexity index is 225. The smallest absolute Gasteiger partial charge is 0.450 e. The SMILES string of the molecule is C=C(C)OC(=O)C(=C)C.O=C(O)O. The maximum absolute atomic E-state index is 10.6. The Kier molecular flexibility index (Phi) is 7.32. The van der Waals surface area contributed by atoms with Crippen molar-refractivity contribution in [3.8, 4) is 0 Å². The number of carbonyl (C=O) groups excluding carboxylic acids is 1. The molecule has 0 aliphatic heterocycles. The summed E-state index contributed by atoms with van der Waals surface area (Å²) in [5.41, 5.74) is 0.387. The van der Waals surface area contributed by atoms with Crippen LogP contribution in [0.25, 0.3) is 0 Å². The van der Waals surface area contributed by atoms with Crippen LogP contribution in [0.2, 0.25) is 0 Å². The van der Waals surface area contributed by atoms with Gasteiger partial charge in [-0.2, -0.15) is 0 Å². The second-order valence-corrected chi connectivity index (χ2v) is 2.15. The Labute approximate surface area is 75.9 Å². The number of hydrogen-bond donors (Lipinski definition) is 2. The predicted molar refractivity (Wildman–Crippen MR) is 46.4 cm³/mol. The molecule has 0 unspecified atom stereocenters. The summed E-state index contributed by atoms with van der Waals surface area (Å²) in [6.07, 6.45) is -1.83. The molecular weight excluding hydrogens is 176 g/mol. The molecule has 0 aromatic rings. The Morgan fingerprint density at radius 3 is 1.54 bits per heavy atom. The first-order valence-corrected chi connectivity index (χ1v) is 3.22. The number of hydrogen-bond acceptors (Lipinski definition) is 3. The van der Waals surface area contributed by atoms with E-state index in [1.807, 2.05) is 0 Å². The highest BCUT2D eigenvalue weighted by molar-refractivity contribution is 5.87. The molecule has 5 nitrogen and oxygen atoms in total. The van der Waals surface area contributed by atoms with E-state index in [2.05, 4.69) is 17.9 Å². The summed E-state index contributed by atoms with van der Waals surface area (Å²) in [6, 6.07) is 0. The quantitative estimate of drug-likeness (QED) is 0.392. The van der Waals surface area contributed by atoms with Crippen molar-refractivity contribution in [3.63, 3.8) is 0 Å². The van der Waals surface area contributed by atoms with Gasteiger partial charge in [0.25, 0.3) is 0 Å². The summed E-state index contributed by atoms with van der Waals surface area (Å²) in [6.45, 7) is 9.99. The van der Waals surface area contributed by atoms with E-state index in [1.54, 1.807) is 13.8 Å². The molecule has 0 fully saturated rings. The number of allylic oxidation sites excluding steroid dienone is 1. The number of carbonyl (C=O) groups is 2. The van der Waals surface area contributed by atoms with Gasteiger partial charge in [0.1, 0.15) is 0 Å². The van der Waals surface area contributed by atoms with E-state index in [0.717, 1.165) is 0 Å². The molecule has 0 bridgehead atoms. The highest BCUT2D eigenvalue weighted by atomic mass is 16.6. The molecule has 5 heteroatoms. The Hall–Kier alpha value is -1.78. The van der Waals surface area contributed by atoms with Crippen LogP contribution in [0.5, 0.6) is 0 Å². The van der Waals surface area contributed by atoms with Gasteiger partial charge in [0.2, 0.25) is 0 Å². The van der Waals surface area contributed by atoms with Crippen molar-refractivity contribution < 1.29 is 24.5 Å². The zero-order chi connectivity index (χ0) is 11.0. The van der Waals surface area contributed by atoms with Gasteiger partial charge in [-0.15, -0.1) is 0 Å². The van der Waals surface area contributed by atoms with Crippen LogP contribution in [0, 0.1) is 0 Å². The second kappa shape index (κ2) is 6.90. The molecule has 13 heavy (non-hydrogen) atoms. The first-order valence-electron chi connectivity index (χ1n) is 3.22. The summed E-state index contributed by atoms with van der Waals surface area (Å²) in [5.74, 6) is -0.0227. The van der Waals surface area contributed by atoms with Crippen LogP contribution < -0.4 is 0 Å². The Morgan fingerprint density at radius 2 is 1.46 bits per heavy atom. The zero-order valence-corrected chi connectivity index (χ0v) is 7.53. The van der Waals surface area contributed by atoms with E-state index in [0.29, 0.717) is 11.3 Å². The van der Waals surface area contributed by atoms with Gasteiger partial charge < -0.3 is 14.9 Å². The van der Waals surface area contributed by atoms with Crippen molar-refractivity contribution >= 4 is 12.1 Å². The third-order valence-electron chi connectivity index (χ3n) is 0.615. The molecule has 74 valence electrons. The second-order valence-electron chi connectivity index (χ2n) is 2.15. The van der Waals surface area contributed by atoms with Crippen molar-refractivity contribution in [3.05, 3.63) is 24.5 Å². The van der Waals surface area contributed by atoms with Crippen LogP contribution in [0.3, 0.4) is 0 Å². The van der Waals surface area contributed by atoms with Gasteiger partial charge in [0, 0.05) is 5.57 Å². The molecule has 0 aromatic carbocycles. The van der Waals surface area contributed by atoms with E-state index in [4.69, 9.17) is 15.0 Å². The van der Waals surface area contributed by atoms with Crippen LogP contribution in [0.15, 0.2) is 24.5 Å². The van der Waals surface area contributed by atoms with Gasteiger partial charge in [0.05, 0.1) is 5.76 Å². The van der Waals surface area contributed by atoms with Crippen molar-refractivity contribution in [1.82, 2.24) is 0 Å². The normalized spacial score (nSPS) is 7.54. The number of esters is 1. The van der Waals surface area contributed by atoms with Crippen LogP contribution in [0.1, 0.15) is 13.8 Å². The predicted octanol–water partition coefficient (Wildman–Crippen LogP) is 1.86. The standard InChI is InChI=1S/C7H10O2.CH2O3/c1-5(2)7(8)9-6(3)4;2-1(3)4/h1,3H2,2,4H3;(H2,2,3,4). The average Bonchev–Trinajstić information content (AvgIpc) is 1.83. The van der Waals surface area contributed by atoms with E-state index in [-0.39, 0.29) is 0 Å². The van der Waals surface area contributed by atoms with Crippen molar-refractivity contribution in [1.29, 1.82) is 0 Å². The molecule has 0 atom stereocenters. The number of carboxylic acid groups (broad SMARTS) is 2. The minimum Gasteiger partial charge on any atom is -0.450 e. The van der Waals surface area contributed by atoms with Gasteiger partial charge >= 0.3 is 12.1 Å². The van der Waals surface area contributed by atoms with Gasteiger partial charge in [-0.25, -0.2) is 9.59 Å². The lowest BCUT2D eigenvalue weighted by molar-refractivity contribution is -0.134. The Morgan fingerprint density at radius 1 is 1.15 bits per heavy atom. The van der Waals surface area contributed by atoms with Crippen LogP contribution in [-0.2, 0) is 9.53 Å². The average molecular weight is 188 g/mol. The van der Waals surface area contributed by atoms with Crippen molar-refractivity contribution in [2.24, 2.45) is 0 Å². The first kappa shape index (κ1) is 13.8. The van der Waals surface area contributed by atoms with Crippen LogP contribution >= 0.6 is 0 Å². The van der Waals surface area contributed by atoms with E-state index in [1.165, 1.54) is 0 Å². The third-order valence-corrected chi connectivity index (χ3v) is 0.615. The lowest BCUT2D eigenvalue weighted by Crippen LogP contribution is -2.01. The van der Waals surface area contributed by atoms with Gasteiger partial charge in [0.15, 0.2) is 0 Å². The topological polar surface area (TPSA) is 83.8 Å². The molecule has 0 saturated carbocycles. The fourth-order valence-corrected chi connectivity index (χ4v) is 0.245. The lowest BCUT2D eigenvalue weighted by atomic mass is 10.4. The lowest BCUT2D eigenvalue weighted by Gasteiger charge is -1.99. The molecule has 0 saturated heterocycles. The highest BCUT2D eigenvalue weighted by Gasteiger charge is 2.01. The van der Waals surface area contributed by atoms with Crippen molar-refractivity contribution in [2.75, 3.05) is 0 Å². The van der Waals surface area contributed by atoms with E-state index < -0.39 is 12.1 Å². The fraction of sp³-hybridized carbons (Fsp3) is 0.250. The largest absolute Gasteiger partial charge is 0.503 e. The number of ether oxygens (including phenoxy) is 1. The molecule has 2 N–H and O–H groups in total. The van der Waals surface area contributed by atoms with E-state index >= 15 is 0 Å². The van der Waals surface area contributed by atoms with Crippen molar-refractivity contribution in [2.45, 2.75) is 13.8 Å². The maximum Gasteiger partial charge on any atom is 0.503 e. The molecule has 0 amide bonds. The number of rotatable bonds is 2. The summed E-state index contributed by atoms with van der Waals surface area (Å²) < 4.78 is 4.58. The van der Waals surface area contributed by atoms with Gasteiger partial charge in [-0.3, -0.25) is 0 Å². The molecule has 0 radical (unpaired) electrons. The van der Waals surface area contributed by atoms with Gasteiger partial charge in [-0.05, 0) is 13.8 Å².